The molecule has 2 N–H and O–H groups in total. The topological polar surface area (TPSA) is 58.6 Å². The smallest absolute Gasteiger partial charge is 0.223 e. The molecule has 1 heterocycles. The molecule has 5 heteroatoms. The van der Waals surface area contributed by atoms with Gasteiger partial charge in [-0.1, -0.05) is 30.7 Å². The summed E-state index contributed by atoms with van der Waals surface area (Å²) in [6.45, 7) is 3.91. The van der Waals surface area contributed by atoms with Crippen molar-refractivity contribution in [2.24, 2.45) is 11.3 Å². The highest BCUT2D eigenvalue weighted by atomic mass is 35.5. The highest BCUT2D eigenvalue weighted by Gasteiger charge is 2.35. The number of carbonyl (C=O) groups is 1. The zero-order chi connectivity index (χ0) is 16.0. The number of aliphatic hydroxyl groups excluding tert-OH is 1. The van der Waals surface area contributed by atoms with Gasteiger partial charge in [-0.15, -0.1) is 0 Å². The SMILES string of the molecule is CC(Cc1cccc(Cl)c1)C(=O)NCC1(CCO)CCOC1. The van der Waals surface area contributed by atoms with Crippen molar-refractivity contribution in [3.63, 3.8) is 0 Å². The van der Waals surface area contributed by atoms with Gasteiger partial charge in [-0.25, -0.2) is 0 Å². The highest BCUT2D eigenvalue weighted by molar-refractivity contribution is 6.30. The second kappa shape index (κ2) is 7.95. The first-order valence-corrected chi connectivity index (χ1v) is 8.13. The minimum Gasteiger partial charge on any atom is -0.396 e. The van der Waals surface area contributed by atoms with Crippen LogP contribution >= 0.6 is 11.6 Å². The third kappa shape index (κ3) is 4.70. The van der Waals surface area contributed by atoms with Crippen molar-refractivity contribution < 1.29 is 14.6 Å². The summed E-state index contributed by atoms with van der Waals surface area (Å²) in [5.41, 5.74) is 0.949. The molecule has 1 aromatic rings. The molecule has 1 fully saturated rings. The van der Waals surface area contributed by atoms with Crippen LogP contribution in [0, 0.1) is 11.3 Å². The van der Waals surface area contributed by atoms with Crippen molar-refractivity contribution in [1.29, 1.82) is 0 Å². The van der Waals surface area contributed by atoms with Crippen molar-refractivity contribution in [3.8, 4) is 0 Å². The number of ether oxygens (including phenoxy) is 1. The molecule has 2 atom stereocenters. The lowest BCUT2D eigenvalue weighted by Crippen LogP contribution is -2.41. The maximum atomic E-state index is 12.3. The van der Waals surface area contributed by atoms with Crippen LogP contribution in [0.25, 0.3) is 0 Å². The molecule has 0 aliphatic carbocycles. The van der Waals surface area contributed by atoms with E-state index in [1.54, 1.807) is 0 Å². The van der Waals surface area contributed by atoms with Crippen molar-refractivity contribution in [2.75, 3.05) is 26.4 Å². The zero-order valence-corrected chi connectivity index (χ0v) is 13.7. The normalized spacial score (nSPS) is 22.5. The predicted molar refractivity (Wildman–Crippen MR) is 86.9 cm³/mol. The van der Waals surface area contributed by atoms with Gasteiger partial charge >= 0.3 is 0 Å². The van der Waals surface area contributed by atoms with Gasteiger partial charge in [0.05, 0.1) is 6.61 Å². The van der Waals surface area contributed by atoms with Crippen LogP contribution < -0.4 is 5.32 Å². The summed E-state index contributed by atoms with van der Waals surface area (Å²) >= 11 is 5.97. The number of halogens is 1. The number of hydrogen-bond donors (Lipinski definition) is 2. The van der Waals surface area contributed by atoms with E-state index in [1.165, 1.54) is 0 Å². The van der Waals surface area contributed by atoms with Crippen molar-refractivity contribution in [1.82, 2.24) is 5.32 Å². The molecule has 0 saturated carbocycles. The Bertz CT molecular complexity index is 500. The fourth-order valence-corrected chi connectivity index (χ4v) is 3.08. The van der Waals surface area contributed by atoms with E-state index in [9.17, 15) is 9.90 Å². The largest absolute Gasteiger partial charge is 0.396 e. The molecule has 0 radical (unpaired) electrons. The van der Waals surface area contributed by atoms with Gasteiger partial charge < -0.3 is 15.2 Å². The summed E-state index contributed by atoms with van der Waals surface area (Å²) in [6.07, 6.45) is 2.21. The lowest BCUT2D eigenvalue weighted by atomic mass is 9.84. The molecule has 22 heavy (non-hydrogen) atoms. The molecule has 1 aliphatic heterocycles. The molecule has 1 amide bonds. The minimum absolute atomic E-state index is 0.0317. The Morgan fingerprint density at radius 3 is 3.00 bits per heavy atom. The van der Waals surface area contributed by atoms with Crippen LogP contribution in [0.2, 0.25) is 5.02 Å². The van der Waals surface area contributed by atoms with Gasteiger partial charge in [0.25, 0.3) is 0 Å². The molecule has 1 aromatic carbocycles. The summed E-state index contributed by atoms with van der Waals surface area (Å²) in [5.74, 6) is -0.0869. The standard InChI is InChI=1S/C17H24ClNO3/c1-13(9-14-3-2-4-15(18)10-14)16(21)19-11-17(5-7-20)6-8-22-12-17/h2-4,10,13,20H,5-9,11-12H2,1H3,(H,19,21). The summed E-state index contributed by atoms with van der Waals surface area (Å²) in [5, 5.41) is 12.9. The molecule has 1 saturated heterocycles. The second-order valence-electron chi connectivity index (χ2n) is 6.23. The van der Waals surface area contributed by atoms with Gasteiger partial charge in [0.2, 0.25) is 5.91 Å². The minimum atomic E-state index is -0.119. The Morgan fingerprint density at radius 2 is 2.36 bits per heavy atom. The Morgan fingerprint density at radius 1 is 1.55 bits per heavy atom. The van der Waals surface area contributed by atoms with E-state index >= 15 is 0 Å². The van der Waals surface area contributed by atoms with Crippen LogP contribution in [0.15, 0.2) is 24.3 Å². The number of rotatable bonds is 7. The van der Waals surface area contributed by atoms with Crippen LogP contribution in [-0.2, 0) is 16.0 Å². The molecule has 122 valence electrons. The quantitative estimate of drug-likeness (QED) is 0.809. The van der Waals surface area contributed by atoms with E-state index < -0.39 is 0 Å². The molecule has 1 aliphatic rings. The lowest BCUT2D eigenvalue weighted by Gasteiger charge is -2.27. The van der Waals surface area contributed by atoms with Gasteiger partial charge in [0.15, 0.2) is 0 Å². The van der Waals surface area contributed by atoms with Crippen molar-refractivity contribution >= 4 is 17.5 Å². The lowest BCUT2D eigenvalue weighted by molar-refractivity contribution is -0.125. The van der Waals surface area contributed by atoms with Gasteiger partial charge in [-0.3, -0.25) is 4.79 Å². The van der Waals surface area contributed by atoms with Gasteiger partial charge in [0, 0.05) is 36.1 Å². The zero-order valence-electron chi connectivity index (χ0n) is 13.0. The van der Waals surface area contributed by atoms with Crippen molar-refractivity contribution in [2.45, 2.75) is 26.2 Å². The van der Waals surface area contributed by atoms with Gasteiger partial charge in [0.1, 0.15) is 0 Å². The monoisotopic (exact) mass is 325 g/mol. The number of benzene rings is 1. The molecule has 0 bridgehead atoms. The third-order valence-corrected chi connectivity index (χ3v) is 4.58. The van der Waals surface area contributed by atoms with Crippen LogP contribution in [0.5, 0.6) is 0 Å². The average Bonchev–Trinajstić information content (AvgIpc) is 2.94. The summed E-state index contributed by atoms with van der Waals surface area (Å²) in [6, 6.07) is 7.60. The highest BCUT2D eigenvalue weighted by Crippen LogP contribution is 2.31. The molecule has 2 rings (SSSR count). The Kier molecular flexibility index (Phi) is 6.24. The Labute approximate surface area is 136 Å². The van der Waals surface area contributed by atoms with E-state index in [0.717, 1.165) is 12.0 Å². The van der Waals surface area contributed by atoms with Crippen LogP contribution in [0.4, 0.5) is 0 Å². The number of nitrogens with one attached hydrogen (secondary N) is 1. The number of hydrogen-bond acceptors (Lipinski definition) is 3. The fourth-order valence-electron chi connectivity index (χ4n) is 2.87. The predicted octanol–water partition coefficient (Wildman–Crippen LogP) is 2.42. The van der Waals surface area contributed by atoms with E-state index in [-0.39, 0.29) is 23.8 Å². The first kappa shape index (κ1) is 17.3. The Balaban J connectivity index is 1.85. The molecule has 0 aromatic heterocycles. The van der Waals surface area contributed by atoms with E-state index in [1.807, 2.05) is 31.2 Å². The van der Waals surface area contributed by atoms with E-state index in [4.69, 9.17) is 16.3 Å². The molecule has 0 spiro atoms. The number of aliphatic hydroxyl groups is 1. The first-order chi connectivity index (χ1) is 10.5. The van der Waals surface area contributed by atoms with Crippen molar-refractivity contribution in [3.05, 3.63) is 34.9 Å². The maximum absolute atomic E-state index is 12.3. The number of carbonyl (C=O) groups excluding carboxylic acids is 1. The Hall–Kier alpha value is -1.10. The summed E-state index contributed by atoms with van der Waals surface area (Å²) in [7, 11) is 0. The average molecular weight is 326 g/mol. The van der Waals surface area contributed by atoms with E-state index in [0.29, 0.717) is 37.6 Å². The summed E-state index contributed by atoms with van der Waals surface area (Å²) in [4.78, 5) is 12.3. The maximum Gasteiger partial charge on any atom is 0.223 e. The van der Waals surface area contributed by atoms with E-state index in [2.05, 4.69) is 5.32 Å². The van der Waals surface area contributed by atoms with Crippen LogP contribution in [0.1, 0.15) is 25.3 Å². The van der Waals surface area contributed by atoms with Gasteiger partial charge in [-0.05, 0) is 37.0 Å². The molecular formula is C17H24ClNO3. The van der Waals surface area contributed by atoms with Crippen LogP contribution in [-0.4, -0.2) is 37.4 Å². The summed E-state index contributed by atoms with van der Waals surface area (Å²) < 4.78 is 5.44. The third-order valence-electron chi connectivity index (χ3n) is 4.34. The fraction of sp³-hybridized carbons (Fsp3) is 0.588. The van der Waals surface area contributed by atoms with Gasteiger partial charge in [-0.2, -0.15) is 0 Å². The van der Waals surface area contributed by atoms with Crippen LogP contribution in [0.3, 0.4) is 0 Å². The molecule has 2 unspecified atom stereocenters. The first-order valence-electron chi connectivity index (χ1n) is 7.75. The molecule has 4 nitrogen and oxygen atoms in total. The number of amides is 1. The molecular weight excluding hydrogens is 302 g/mol. The second-order valence-corrected chi connectivity index (χ2v) is 6.67.